The Morgan fingerprint density at radius 1 is 1.37 bits per heavy atom. The van der Waals surface area contributed by atoms with Gasteiger partial charge < -0.3 is 11.1 Å². The van der Waals surface area contributed by atoms with Crippen LogP contribution in [0.4, 0.5) is 5.69 Å². The van der Waals surface area contributed by atoms with Crippen LogP contribution in [0.5, 0.6) is 0 Å². The smallest absolute Gasteiger partial charge is 0.242 e. The Labute approximate surface area is 113 Å². The number of nitrogens with two attached hydrogens (primary N) is 1. The summed E-state index contributed by atoms with van der Waals surface area (Å²) < 4.78 is 26.7. The molecule has 1 unspecified atom stereocenters. The molecular weight excluding hydrogens is 266 g/mol. The molecule has 19 heavy (non-hydrogen) atoms. The quantitative estimate of drug-likeness (QED) is 0.685. The summed E-state index contributed by atoms with van der Waals surface area (Å²) in [6.45, 7) is 3.81. The molecule has 1 atom stereocenters. The molecule has 0 aromatic heterocycles. The van der Waals surface area contributed by atoms with Crippen molar-refractivity contribution in [1.82, 2.24) is 4.72 Å². The standard InChI is InChI=1S/C12H19N3O3S/c1-3-8-14-19(17,18)11-7-5-4-6-10(11)15-9(2)12(13)16/h4-7,9,14-15H,3,8H2,1-2H3,(H2,13,16). The van der Waals surface area contributed by atoms with E-state index >= 15 is 0 Å². The van der Waals surface area contributed by atoms with Gasteiger partial charge in [-0.1, -0.05) is 19.1 Å². The lowest BCUT2D eigenvalue weighted by molar-refractivity contribution is -0.118. The summed E-state index contributed by atoms with van der Waals surface area (Å²) in [6, 6.07) is 5.74. The van der Waals surface area contributed by atoms with Crippen LogP contribution in [-0.2, 0) is 14.8 Å². The summed E-state index contributed by atoms with van der Waals surface area (Å²) in [7, 11) is -3.59. The predicted octanol–water partition coefficient (Wildman–Crippen LogP) is 0.661. The lowest BCUT2D eigenvalue weighted by Gasteiger charge is -2.16. The number of sulfonamides is 1. The number of carbonyl (C=O) groups excluding carboxylic acids is 1. The summed E-state index contributed by atoms with van der Waals surface area (Å²) in [6.07, 6.45) is 0.701. The largest absolute Gasteiger partial charge is 0.373 e. The molecule has 0 bridgehead atoms. The number of hydrogen-bond donors (Lipinski definition) is 3. The molecule has 106 valence electrons. The molecule has 0 aliphatic carbocycles. The number of rotatable bonds is 7. The van der Waals surface area contributed by atoms with Gasteiger partial charge >= 0.3 is 0 Å². The zero-order valence-electron chi connectivity index (χ0n) is 11.0. The van der Waals surface area contributed by atoms with Gasteiger partial charge in [0.1, 0.15) is 10.9 Å². The maximum atomic E-state index is 12.1. The monoisotopic (exact) mass is 285 g/mol. The average molecular weight is 285 g/mol. The highest BCUT2D eigenvalue weighted by Gasteiger charge is 2.19. The zero-order chi connectivity index (χ0) is 14.5. The van der Waals surface area contributed by atoms with Gasteiger partial charge in [0.25, 0.3) is 0 Å². The fourth-order valence-electron chi connectivity index (χ4n) is 1.44. The van der Waals surface area contributed by atoms with Crippen molar-refractivity contribution in [2.24, 2.45) is 5.73 Å². The third-order valence-electron chi connectivity index (χ3n) is 2.52. The van der Waals surface area contributed by atoms with Crippen LogP contribution in [0.2, 0.25) is 0 Å². The van der Waals surface area contributed by atoms with Gasteiger partial charge in [0.05, 0.1) is 5.69 Å². The van der Waals surface area contributed by atoms with E-state index in [-0.39, 0.29) is 4.90 Å². The van der Waals surface area contributed by atoms with Crippen molar-refractivity contribution >= 4 is 21.6 Å². The molecule has 1 aromatic carbocycles. The van der Waals surface area contributed by atoms with E-state index in [0.29, 0.717) is 18.7 Å². The number of benzene rings is 1. The van der Waals surface area contributed by atoms with Gasteiger partial charge in [-0.2, -0.15) is 0 Å². The number of primary amides is 1. The fourth-order valence-corrected chi connectivity index (χ4v) is 2.74. The molecule has 6 nitrogen and oxygen atoms in total. The highest BCUT2D eigenvalue weighted by molar-refractivity contribution is 7.89. The minimum Gasteiger partial charge on any atom is -0.373 e. The second-order valence-corrected chi connectivity index (χ2v) is 5.90. The van der Waals surface area contributed by atoms with Crippen LogP contribution < -0.4 is 15.8 Å². The predicted molar refractivity (Wildman–Crippen MR) is 74.2 cm³/mol. The Kier molecular flexibility index (Phi) is 5.31. The number of carbonyl (C=O) groups is 1. The van der Waals surface area contributed by atoms with Gasteiger partial charge in [0.15, 0.2) is 0 Å². The summed E-state index contributed by atoms with van der Waals surface area (Å²) in [5.41, 5.74) is 5.52. The Balaban J connectivity index is 3.05. The van der Waals surface area contributed by atoms with E-state index < -0.39 is 22.0 Å². The Morgan fingerprint density at radius 2 is 2.00 bits per heavy atom. The Hall–Kier alpha value is -1.60. The van der Waals surface area contributed by atoms with E-state index in [0.717, 1.165) is 0 Å². The molecule has 0 aliphatic heterocycles. The molecule has 1 aromatic rings. The second kappa shape index (κ2) is 6.53. The van der Waals surface area contributed by atoms with Gasteiger partial charge in [0, 0.05) is 6.54 Å². The van der Waals surface area contributed by atoms with E-state index in [2.05, 4.69) is 10.0 Å². The van der Waals surface area contributed by atoms with Crippen molar-refractivity contribution in [2.75, 3.05) is 11.9 Å². The van der Waals surface area contributed by atoms with Gasteiger partial charge in [-0.05, 0) is 25.5 Å². The minimum atomic E-state index is -3.59. The van der Waals surface area contributed by atoms with Crippen LogP contribution in [0.1, 0.15) is 20.3 Å². The number of amides is 1. The molecule has 7 heteroatoms. The van der Waals surface area contributed by atoms with Gasteiger partial charge in [-0.15, -0.1) is 0 Å². The highest BCUT2D eigenvalue weighted by Crippen LogP contribution is 2.21. The van der Waals surface area contributed by atoms with E-state index in [1.165, 1.54) is 6.07 Å². The molecule has 0 fully saturated rings. The van der Waals surface area contributed by atoms with Crippen LogP contribution in [0.25, 0.3) is 0 Å². The number of nitrogens with one attached hydrogen (secondary N) is 2. The van der Waals surface area contributed by atoms with E-state index in [1.54, 1.807) is 25.1 Å². The molecular formula is C12H19N3O3S. The fraction of sp³-hybridized carbons (Fsp3) is 0.417. The first-order valence-corrected chi connectivity index (χ1v) is 7.51. The third kappa shape index (κ3) is 4.22. The van der Waals surface area contributed by atoms with E-state index in [1.807, 2.05) is 6.92 Å². The molecule has 1 rings (SSSR count). The maximum absolute atomic E-state index is 12.1. The number of para-hydroxylation sites is 1. The average Bonchev–Trinajstić information content (AvgIpc) is 2.36. The maximum Gasteiger partial charge on any atom is 0.242 e. The Bertz CT molecular complexity index is 543. The van der Waals surface area contributed by atoms with E-state index in [4.69, 9.17) is 5.73 Å². The first-order valence-electron chi connectivity index (χ1n) is 6.03. The molecule has 1 amide bonds. The summed E-state index contributed by atoms with van der Waals surface area (Å²) in [4.78, 5) is 11.1. The van der Waals surface area contributed by atoms with Crippen molar-refractivity contribution < 1.29 is 13.2 Å². The van der Waals surface area contributed by atoms with Crippen LogP contribution in [0.15, 0.2) is 29.2 Å². The molecule has 0 spiro atoms. The summed E-state index contributed by atoms with van der Waals surface area (Å²) >= 11 is 0. The number of hydrogen-bond acceptors (Lipinski definition) is 4. The molecule has 0 saturated carbocycles. The van der Waals surface area contributed by atoms with Gasteiger partial charge in [-0.3, -0.25) is 4.79 Å². The van der Waals surface area contributed by atoms with E-state index in [9.17, 15) is 13.2 Å². The molecule has 4 N–H and O–H groups in total. The van der Waals surface area contributed by atoms with Crippen molar-refractivity contribution in [3.05, 3.63) is 24.3 Å². The van der Waals surface area contributed by atoms with Crippen LogP contribution in [0, 0.1) is 0 Å². The van der Waals surface area contributed by atoms with Crippen LogP contribution >= 0.6 is 0 Å². The van der Waals surface area contributed by atoms with Crippen molar-refractivity contribution in [1.29, 1.82) is 0 Å². The minimum absolute atomic E-state index is 0.108. The molecule has 0 radical (unpaired) electrons. The van der Waals surface area contributed by atoms with Crippen LogP contribution in [-0.4, -0.2) is 26.9 Å². The van der Waals surface area contributed by atoms with Gasteiger partial charge in [-0.25, -0.2) is 13.1 Å². The number of anilines is 1. The van der Waals surface area contributed by atoms with Crippen molar-refractivity contribution in [3.63, 3.8) is 0 Å². The topological polar surface area (TPSA) is 101 Å². The lowest BCUT2D eigenvalue weighted by Crippen LogP contribution is -2.33. The van der Waals surface area contributed by atoms with Crippen molar-refractivity contribution in [2.45, 2.75) is 31.2 Å². The lowest BCUT2D eigenvalue weighted by atomic mass is 10.2. The first kappa shape index (κ1) is 15.5. The Morgan fingerprint density at radius 3 is 2.58 bits per heavy atom. The normalized spacial score (nSPS) is 12.9. The van der Waals surface area contributed by atoms with Crippen LogP contribution in [0.3, 0.4) is 0 Å². The summed E-state index contributed by atoms with van der Waals surface area (Å²) in [5, 5.41) is 2.80. The molecule has 0 saturated heterocycles. The second-order valence-electron chi connectivity index (χ2n) is 4.16. The van der Waals surface area contributed by atoms with Crippen molar-refractivity contribution in [3.8, 4) is 0 Å². The van der Waals surface area contributed by atoms with Gasteiger partial charge in [0.2, 0.25) is 15.9 Å². The highest BCUT2D eigenvalue weighted by atomic mass is 32.2. The summed E-state index contributed by atoms with van der Waals surface area (Å²) in [5.74, 6) is -0.547. The third-order valence-corrected chi connectivity index (χ3v) is 4.04. The first-order chi connectivity index (χ1) is 8.88. The molecule has 0 aliphatic rings. The zero-order valence-corrected chi connectivity index (χ0v) is 11.8. The SMILES string of the molecule is CCCNS(=O)(=O)c1ccccc1NC(C)C(N)=O. The molecule has 0 heterocycles.